The second-order valence-corrected chi connectivity index (χ2v) is 5.49. The van der Waals surface area contributed by atoms with Crippen LogP contribution in [0, 0.1) is 5.92 Å². The summed E-state index contributed by atoms with van der Waals surface area (Å²) in [4.78, 5) is 27.7. The molecule has 2 unspecified atom stereocenters. The molecule has 2 atom stereocenters. The van der Waals surface area contributed by atoms with E-state index in [4.69, 9.17) is 5.73 Å². The zero-order valence-corrected chi connectivity index (χ0v) is 11.6. The Labute approximate surface area is 114 Å². The largest absolute Gasteiger partial charge is 0.369 e. The van der Waals surface area contributed by atoms with Gasteiger partial charge in [-0.2, -0.15) is 0 Å². The smallest absolute Gasteiger partial charge is 0.239 e. The number of nitrogens with one attached hydrogen (secondary N) is 1. The number of carbonyl (C=O) groups excluding carboxylic acids is 2. The molecular formula is C13H24N4O2. The predicted octanol–water partition coefficient (Wildman–Crippen LogP) is -0.996. The Hall–Kier alpha value is -1.14. The van der Waals surface area contributed by atoms with Crippen molar-refractivity contribution >= 4 is 11.8 Å². The second kappa shape index (κ2) is 6.34. The van der Waals surface area contributed by atoms with E-state index in [0.29, 0.717) is 6.54 Å². The highest BCUT2D eigenvalue weighted by molar-refractivity contribution is 5.82. The molecule has 2 rings (SSSR count). The minimum absolute atomic E-state index is 0.105. The molecule has 2 saturated heterocycles. The van der Waals surface area contributed by atoms with Crippen LogP contribution in [0.4, 0.5) is 0 Å². The quantitative estimate of drug-likeness (QED) is 0.688. The monoisotopic (exact) mass is 268 g/mol. The Morgan fingerprint density at radius 2 is 1.95 bits per heavy atom. The molecule has 2 aliphatic heterocycles. The van der Waals surface area contributed by atoms with Crippen LogP contribution in [0.2, 0.25) is 0 Å². The molecule has 0 spiro atoms. The molecule has 108 valence electrons. The first-order valence-corrected chi connectivity index (χ1v) is 7.12. The van der Waals surface area contributed by atoms with Crippen molar-refractivity contribution in [2.45, 2.75) is 25.8 Å². The summed E-state index contributed by atoms with van der Waals surface area (Å²) in [7, 11) is 0. The third kappa shape index (κ3) is 3.45. The molecule has 6 nitrogen and oxygen atoms in total. The van der Waals surface area contributed by atoms with Gasteiger partial charge < -0.3 is 16.0 Å². The van der Waals surface area contributed by atoms with E-state index in [1.54, 1.807) is 0 Å². The van der Waals surface area contributed by atoms with Gasteiger partial charge in [-0.3, -0.25) is 14.5 Å². The van der Waals surface area contributed by atoms with Crippen molar-refractivity contribution in [1.29, 1.82) is 0 Å². The summed E-state index contributed by atoms with van der Waals surface area (Å²) in [6, 6.07) is -0.153. The highest BCUT2D eigenvalue weighted by Gasteiger charge is 2.32. The van der Waals surface area contributed by atoms with E-state index < -0.39 is 0 Å². The van der Waals surface area contributed by atoms with Gasteiger partial charge >= 0.3 is 0 Å². The molecule has 2 heterocycles. The van der Waals surface area contributed by atoms with Gasteiger partial charge in [0.25, 0.3) is 0 Å². The Balaban J connectivity index is 1.92. The number of nitrogens with zero attached hydrogens (tertiary/aromatic N) is 2. The molecular weight excluding hydrogens is 244 g/mol. The van der Waals surface area contributed by atoms with Crippen LogP contribution >= 0.6 is 0 Å². The molecule has 2 aliphatic rings. The van der Waals surface area contributed by atoms with Crippen molar-refractivity contribution < 1.29 is 9.59 Å². The summed E-state index contributed by atoms with van der Waals surface area (Å²) in [6.07, 6.45) is 1.78. The molecule has 0 aliphatic carbocycles. The van der Waals surface area contributed by atoms with Crippen molar-refractivity contribution in [3.63, 3.8) is 0 Å². The summed E-state index contributed by atoms with van der Waals surface area (Å²) >= 11 is 0. The number of carbonyl (C=O) groups is 2. The van der Waals surface area contributed by atoms with Crippen molar-refractivity contribution in [1.82, 2.24) is 15.1 Å². The molecule has 6 heteroatoms. The number of nitrogens with two attached hydrogens (primary N) is 1. The Kier molecular flexibility index (Phi) is 4.76. The molecule has 2 amide bonds. The van der Waals surface area contributed by atoms with Gasteiger partial charge in [-0.05, 0) is 26.3 Å². The minimum atomic E-state index is -0.244. The van der Waals surface area contributed by atoms with Crippen LogP contribution in [0.5, 0.6) is 0 Å². The number of hydrogen-bond donors (Lipinski definition) is 2. The van der Waals surface area contributed by atoms with Gasteiger partial charge in [0.1, 0.15) is 0 Å². The lowest BCUT2D eigenvalue weighted by molar-refractivity contribution is -0.139. The van der Waals surface area contributed by atoms with Gasteiger partial charge in [-0.15, -0.1) is 0 Å². The Morgan fingerprint density at radius 1 is 1.26 bits per heavy atom. The van der Waals surface area contributed by atoms with Gasteiger partial charge in [0.2, 0.25) is 11.8 Å². The number of amides is 2. The standard InChI is InChI=1S/C13H24N4O2/c1-10(13(19)16-7-4-15-5-8-16)17-6-2-3-11(9-17)12(14)18/h10-11,15H,2-9H2,1H3,(H2,14,18). The van der Waals surface area contributed by atoms with Gasteiger partial charge in [0, 0.05) is 32.7 Å². The molecule has 0 radical (unpaired) electrons. The maximum absolute atomic E-state index is 12.4. The number of primary amides is 1. The van der Waals surface area contributed by atoms with Crippen molar-refractivity contribution in [3.8, 4) is 0 Å². The number of piperidine rings is 1. The summed E-state index contributed by atoms with van der Waals surface area (Å²) in [6.45, 7) is 6.71. The molecule has 3 N–H and O–H groups in total. The average molecular weight is 268 g/mol. The van der Waals surface area contributed by atoms with Crippen LogP contribution in [0.25, 0.3) is 0 Å². The molecule has 0 aromatic carbocycles. The summed E-state index contributed by atoms with van der Waals surface area (Å²) < 4.78 is 0. The lowest BCUT2D eigenvalue weighted by Crippen LogP contribution is -2.55. The zero-order chi connectivity index (χ0) is 13.8. The van der Waals surface area contributed by atoms with Gasteiger partial charge in [0.15, 0.2) is 0 Å². The van der Waals surface area contributed by atoms with E-state index in [0.717, 1.165) is 45.6 Å². The molecule has 0 aromatic rings. The zero-order valence-electron chi connectivity index (χ0n) is 11.6. The predicted molar refractivity (Wildman–Crippen MR) is 72.4 cm³/mol. The SMILES string of the molecule is CC(C(=O)N1CCNCC1)N1CCCC(C(N)=O)C1. The Morgan fingerprint density at radius 3 is 2.58 bits per heavy atom. The topological polar surface area (TPSA) is 78.7 Å². The lowest BCUT2D eigenvalue weighted by atomic mass is 9.96. The van der Waals surface area contributed by atoms with E-state index in [2.05, 4.69) is 10.2 Å². The Bertz CT molecular complexity index is 342. The third-order valence-corrected chi connectivity index (χ3v) is 4.19. The van der Waals surface area contributed by atoms with Crippen LogP contribution in [-0.2, 0) is 9.59 Å². The fraction of sp³-hybridized carbons (Fsp3) is 0.846. The maximum atomic E-state index is 12.4. The third-order valence-electron chi connectivity index (χ3n) is 4.19. The van der Waals surface area contributed by atoms with Crippen LogP contribution < -0.4 is 11.1 Å². The lowest BCUT2D eigenvalue weighted by Gasteiger charge is -2.38. The summed E-state index contributed by atoms with van der Waals surface area (Å²) in [5, 5.41) is 3.24. The highest BCUT2D eigenvalue weighted by Crippen LogP contribution is 2.19. The minimum Gasteiger partial charge on any atom is -0.369 e. The molecule has 19 heavy (non-hydrogen) atoms. The number of hydrogen-bond acceptors (Lipinski definition) is 4. The summed E-state index contributed by atoms with van der Waals surface area (Å²) in [5.41, 5.74) is 5.38. The van der Waals surface area contributed by atoms with Crippen molar-refractivity contribution in [3.05, 3.63) is 0 Å². The molecule has 2 fully saturated rings. The van der Waals surface area contributed by atoms with E-state index in [-0.39, 0.29) is 23.8 Å². The normalized spacial score (nSPS) is 27.0. The van der Waals surface area contributed by atoms with Crippen LogP contribution in [0.3, 0.4) is 0 Å². The highest BCUT2D eigenvalue weighted by atomic mass is 16.2. The summed E-state index contributed by atoms with van der Waals surface area (Å²) in [5.74, 6) is -0.176. The van der Waals surface area contributed by atoms with E-state index in [1.165, 1.54) is 0 Å². The van der Waals surface area contributed by atoms with E-state index in [9.17, 15) is 9.59 Å². The van der Waals surface area contributed by atoms with Crippen LogP contribution in [0.1, 0.15) is 19.8 Å². The first-order chi connectivity index (χ1) is 9.09. The number of rotatable bonds is 3. The first-order valence-electron chi connectivity index (χ1n) is 7.12. The number of piperazine rings is 1. The first kappa shape index (κ1) is 14.3. The average Bonchev–Trinajstić information content (AvgIpc) is 2.46. The van der Waals surface area contributed by atoms with Gasteiger partial charge in [0.05, 0.1) is 12.0 Å². The molecule has 0 saturated carbocycles. The fourth-order valence-electron chi connectivity index (χ4n) is 2.90. The van der Waals surface area contributed by atoms with Crippen LogP contribution in [0.15, 0.2) is 0 Å². The van der Waals surface area contributed by atoms with Crippen LogP contribution in [-0.4, -0.2) is 66.9 Å². The van der Waals surface area contributed by atoms with Gasteiger partial charge in [-0.1, -0.05) is 0 Å². The van der Waals surface area contributed by atoms with Crippen molar-refractivity contribution in [2.24, 2.45) is 11.7 Å². The maximum Gasteiger partial charge on any atom is 0.239 e. The molecule has 0 aromatic heterocycles. The van der Waals surface area contributed by atoms with Crippen molar-refractivity contribution in [2.75, 3.05) is 39.3 Å². The number of likely N-dealkylation sites (tertiary alicyclic amines) is 1. The van der Waals surface area contributed by atoms with E-state index >= 15 is 0 Å². The van der Waals surface area contributed by atoms with E-state index in [1.807, 2.05) is 11.8 Å². The van der Waals surface area contributed by atoms with Gasteiger partial charge in [-0.25, -0.2) is 0 Å². The molecule has 0 bridgehead atoms. The second-order valence-electron chi connectivity index (χ2n) is 5.49. The fourth-order valence-corrected chi connectivity index (χ4v) is 2.90.